The highest BCUT2D eigenvalue weighted by molar-refractivity contribution is 5.94. The molecule has 1 fully saturated rings. The number of rotatable bonds is 4. The van der Waals surface area contributed by atoms with Gasteiger partial charge in [-0.15, -0.1) is 0 Å². The van der Waals surface area contributed by atoms with Gasteiger partial charge in [0.25, 0.3) is 5.69 Å². The fraction of sp³-hybridized carbons (Fsp3) is 0.500. The molecule has 1 aliphatic rings. The minimum Gasteiger partial charge on any atom is -0.477 e. The van der Waals surface area contributed by atoms with E-state index in [1.165, 1.54) is 6.07 Å². The van der Waals surface area contributed by atoms with Crippen molar-refractivity contribution in [2.45, 2.75) is 13.0 Å². The first-order chi connectivity index (χ1) is 9.99. The Balaban J connectivity index is 2.25. The molecule has 0 atom stereocenters. The van der Waals surface area contributed by atoms with Crippen LogP contribution in [0.4, 0.5) is 5.69 Å². The normalized spacial score (nSPS) is 17.4. The van der Waals surface area contributed by atoms with E-state index in [0.717, 1.165) is 32.6 Å². The molecule has 21 heavy (non-hydrogen) atoms. The number of nitro groups is 1. The summed E-state index contributed by atoms with van der Waals surface area (Å²) in [6.45, 7) is 4.05. The molecule has 0 aromatic heterocycles. The number of nitrogens with zero attached hydrogens (tertiary/aromatic N) is 3. The molecule has 0 bridgehead atoms. The van der Waals surface area contributed by atoms with Crippen LogP contribution in [0.25, 0.3) is 0 Å². The smallest absolute Gasteiger partial charge is 0.343 e. The molecule has 0 spiro atoms. The zero-order valence-corrected chi connectivity index (χ0v) is 12.0. The molecule has 0 radical (unpaired) electrons. The lowest BCUT2D eigenvalue weighted by Gasteiger charge is -2.20. The van der Waals surface area contributed by atoms with Gasteiger partial charge in [0.05, 0.1) is 4.92 Å². The predicted molar refractivity (Wildman–Crippen MR) is 77.4 cm³/mol. The van der Waals surface area contributed by atoms with Crippen LogP contribution in [0.2, 0.25) is 0 Å². The van der Waals surface area contributed by atoms with Crippen molar-refractivity contribution >= 4 is 11.7 Å². The van der Waals surface area contributed by atoms with Crippen molar-refractivity contribution in [1.82, 2.24) is 9.80 Å². The van der Waals surface area contributed by atoms with Gasteiger partial charge in [-0.05, 0) is 32.1 Å². The summed E-state index contributed by atoms with van der Waals surface area (Å²) in [5.41, 5.74) is -0.0340. The molecule has 1 aliphatic heterocycles. The summed E-state index contributed by atoms with van der Waals surface area (Å²) in [6.07, 6.45) is 1.01. The van der Waals surface area contributed by atoms with Crippen LogP contribution in [-0.4, -0.2) is 59.0 Å². The average molecular weight is 293 g/mol. The second kappa shape index (κ2) is 6.64. The van der Waals surface area contributed by atoms with E-state index in [1.807, 2.05) is 0 Å². The number of hydrogen-bond acceptors (Lipinski definition) is 5. The zero-order chi connectivity index (χ0) is 15.4. The maximum absolute atomic E-state index is 11.4. The van der Waals surface area contributed by atoms with Gasteiger partial charge in [-0.1, -0.05) is 12.1 Å². The van der Waals surface area contributed by atoms with E-state index in [-0.39, 0.29) is 11.3 Å². The highest BCUT2D eigenvalue weighted by Crippen LogP contribution is 2.24. The van der Waals surface area contributed by atoms with Crippen molar-refractivity contribution < 1.29 is 14.8 Å². The van der Waals surface area contributed by atoms with Crippen LogP contribution in [0.1, 0.15) is 22.3 Å². The Morgan fingerprint density at radius 3 is 2.76 bits per heavy atom. The Morgan fingerprint density at radius 1 is 1.33 bits per heavy atom. The molecule has 1 N–H and O–H groups in total. The lowest BCUT2D eigenvalue weighted by molar-refractivity contribution is -0.385. The van der Waals surface area contributed by atoms with Crippen LogP contribution in [0.5, 0.6) is 0 Å². The molecule has 1 aromatic rings. The number of hydrogen-bond donors (Lipinski definition) is 1. The molecule has 7 nitrogen and oxygen atoms in total. The van der Waals surface area contributed by atoms with Gasteiger partial charge in [0.15, 0.2) is 0 Å². The summed E-state index contributed by atoms with van der Waals surface area (Å²) < 4.78 is 0. The molecule has 7 heteroatoms. The SMILES string of the molecule is CN1CCCN(Cc2cccc([N+](=O)[O-])c2C(=O)O)CC1. The molecule has 1 aromatic carbocycles. The van der Waals surface area contributed by atoms with E-state index in [0.29, 0.717) is 12.1 Å². The Labute approximate surface area is 122 Å². The highest BCUT2D eigenvalue weighted by Gasteiger charge is 2.24. The van der Waals surface area contributed by atoms with Crippen molar-refractivity contribution in [2.75, 3.05) is 33.2 Å². The molecular weight excluding hydrogens is 274 g/mol. The summed E-state index contributed by atoms with van der Waals surface area (Å²) in [4.78, 5) is 26.1. The minimum atomic E-state index is -1.25. The van der Waals surface area contributed by atoms with Gasteiger partial charge in [0.1, 0.15) is 5.56 Å². The lowest BCUT2D eigenvalue weighted by Crippen LogP contribution is -2.29. The molecule has 114 valence electrons. The number of carbonyl (C=O) groups is 1. The van der Waals surface area contributed by atoms with Gasteiger partial charge < -0.3 is 10.0 Å². The standard InChI is InChI=1S/C14H19N3O4/c1-15-6-3-7-16(9-8-15)10-11-4-2-5-12(17(20)21)13(11)14(18)19/h2,4-5H,3,6-10H2,1H3,(H,18,19). The number of aromatic carboxylic acids is 1. The van der Waals surface area contributed by atoms with E-state index >= 15 is 0 Å². The molecule has 1 saturated heterocycles. The Morgan fingerprint density at radius 2 is 2.10 bits per heavy atom. The molecule has 0 saturated carbocycles. The second-order valence-electron chi connectivity index (χ2n) is 5.31. The lowest BCUT2D eigenvalue weighted by atomic mass is 10.0. The summed E-state index contributed by atoms with van der Waals surface area (Å²) in [5.74, 6) is -1.25. The first-order valence-corrected chi connectivity index (χ1v) is 6.89. The molecule has 0 amide bonds. The predicted octanol–water partition coefficient (Wildman–Crippen LogP) is 1.43. The van der Waals surface area contributed by atoms with E-state index in [2.05, 4.69) is 16.8 Å². The van der Waals surface area contributed by atoms with Crippen LogP contribution in [-0.2, 0) is 6.54 Å². The van der Waals surface area contributed by atoms with Crippen molar-refractivity contribution in [2.24, 2.45) is 0 Å². The minimum absolute atomic E-state index is 0.194. The Hall–Kier alpha value is -1.99. The molecule has 0 aliphatic carbocycles. The maximum atomic E-state index is 11.4. The van der Waals surface area contributed by atoms with Crippen LogP contribution in [0, 0.1) is 10.1 Å². The second-order valence-corrected chi connectivity index (χ2v) is 5.31. The van der Waals surface area contributed by atoms with E-state index in [9.17, 15) is 20.0 Å². The fourth-order valence-electron chi connectivity index (χ4n) is 2.62. The van der Waals surface area contributed by atoms with Crippen LogP contribution < -0.4 is 0 Å². The van der Waals surface area contributed by atoms with E-state index in [4.69, 9.17) is 0 Å². The summed E-state index contributed by atoms with van der Waals surface area (Å²) in [6, 6.07) is 4.44. The van der Waals surface area contributed by atoms with Crippen molar-refractivity contribution in [3.8, 4) is 0 Å². The van der Waals surface area contributed by atoms with Gasteiger partial charge in [0.2, 0.25) is 0 Å². The summed E-state index contributed by atoms with van der Waals surface area (Å²) in [7, 11) is 2.06. The van der Waals surface area contributed by atoms with E-state index in [1.54, 1.807) is 12.1 Å². The third kappa shape index (κ3) is 3.77. The van der Waals surface area contributed by atoms with Crippen molar-refractivity contribution in [3.05, 3.63) is 39.4 Å². The maximum Gasteiger partial charge on any atom is 0.343 e. The topological polar surface area (TPSA) is 86.9 Å². The number of likely N-dealkylation sites (N-methyl/N-ethyl adjacent to an activating group) is 1. The van der Waals surface area contributed by atoms with Gasteiger partial charge in [0, 0.05) is 25.7 Å². The van der Waals surface area contributed by atoms with Gasteiger partial charge in [-0.2, -0.15) is 0 Å². The third-order valence-corrected chi connectivity index (χ3v) is 3.75. The van der Waals surface area contributed by atoms with Gasteiger partial charge in [-0.3, -0.25) is 15.0 Å². The summed E-state index contributed by atoms with van der Waals surface area (Å²) >= 11 is 0. The Bertz CT molecular complexity index is 547. The van der Waals surface area contributed by atoms with Crippen LogP contribution >= 0.6 is 0 Å². The van der Waals surface area contributed by atoms with E-state index < -0.39 is 10.9 Å². The third-order valence-electron chi connectivity index (χ3n) is 3.75. The number of carboxylic acid groups (broad SMARTS) is 1. The zero-order valence-electron chi connectivity index (χ0n) is 12.0. The number of nitro benzene ring substituents is 1. The molecule has 2 rings (SSSR count). The summed E-state index contributed by atoms with van der Waals surface area (Å²) in [5, 5.41) is 20.3. The number of benzene rings is 1. The molecular formula is C14H19N3O4. The quantitative estimate of drug-likeness (QED) is 0.667. The molecule has 0 unspecified atom stereocenters. The van der Waals surface area contributed by atoms with Gasteiger partial charge >= 0.3 is 5.97 Å². The number of carboxylic acids is 1. The van der Waals surface area contributed by atoms with Crippen molar-refractivity contribution in [3.63, 3.8) is 0 Å². The largest absolute Gasteiger partial charge is 0.477 e. The first kappa shape index (κ1) is 15.4. The average Bonchev–Trinajstić information content (AvgIpc) is 2.63. The van der Waals surface area contributed by atoms with Crippen molar-refractivity contribution in [1.29, 1.82) is 0 Å². The first-order valence-electron chi connectivity index (χ1n) is 6.89. The van der Waals surface area contributed by atoms with Gasteiger partial charge in [-0.25, -0.2) is 4.79 Å². The van der Waals surface area contributed by atoms with Crippen LogP contribution in [0.15, 0.2) is 18.2 Å². The highest BCUT2D eigenvalue weighted by atomic mass is 16.6. The monoisotopic (exact) mass is 293 g/mol. The molecule has 1 heterocycles. The fourth-order valence-corrected chi connectivity index (χ4v) is 2.62. The van der Waals surface area contributed by atoms with Crippen LogP contribution in [0.3, 0.4) is 0 Å². The Kier molecular flexibility index (Phi) is 4.87.